The van der Waals surface area contributed by atoms with E-state index in [0.29, 0.717) is 18.1 Å². The van der Waals surface area contributed by atoms with Crippen LogP contribution in [-0.2, 0) is 10.0 Å². The van der Waals surface area contributed by atoms with Gasteiger partial charge in [-0.3, -0.25) is 0 Å². The third kappa shape index (κ3) is 4.64. The molecule has 0 aromatic heterocycles. The highest BCUT2D eigenvalue weighted by Gasteiger charge is 2.20. The lowest BCUT2D eigenvalue weighted by Crippen LogP contribution is -2.26. The van der Waals surface area contributed by atoms with Gasteiger partial charge in [-0.25, -0.2) is 13.1 Å². The van der Waals surface area contributed by atoms with E-state index in [1.54, 1.807) is 13.0 Å². The molecule has 136 valence electrons. The average Bonchev–Trinajstić information content (AvgIpc) is 2.61. The first-order valence-corrected chi connectivity index (χ1v) is 9.36. The maximum Gasteiger partial charge on any atom is 0.241 e. The van der Waals surface area contributed by atoms with Crippen molar-refractivity contribution < 1.29 is 22.6 Å². The molecule has 0 aliphatic carbocycles. The molecule has 0 fully saturated rings. The standard InChI is InChI=1S/C18H23NO5S/c1-5-24-15-8-6-14(7-9-15)13(2)19-25(20,21)16-10-11-17(22-3)18(12-16)23-4/h6-13,19H,5H2,1-4H3/t13-/m0/s1. The summed E-state index contributed by atoms with van der Waals surface area (Å²) in [6.07, 6.45) is 0. The summed E-state index contributed by atoms with van der Waals surface area (Å²) in [5, 5.41) is 0. The van der Waals surface area contributed by atoms with Gasteiger partial charge in [0.05, 0.1) is 25.7 Å². The Balaban J connectivity index is 2.19. The molecule has 0 heterocycles. The molecule has 2 aromatic rings. The van der Waals surface area contributed by atoms with Gasteiger partial charge in [-0.05, 0) is 43.7 Å². The Morgan fingerprint density at radius 1 is 1.00 bits per heavy atom. The zero-order valence-electron chi connectivity index (χ0n) is 14.8. The highest BCUT2D eigenvalue weighted by atomic mass is 32.2. The highest BCUT2D eigenvalue weighted by Crippen LogP contribution is 2.30. The largest absolute Gasteiger partial charge is 0.494 e. The van der Waals surface area contributed by atoms with Crippen molar-refractivity contribution >= 4 is 10.0 Å². The minimum atomic E-state index is -3.70. The molecule has 0 aliphatic heterocycles. The summed E-state index contributed by atoms with van der Waals surface area (Å²) in [6, 6.07) is 11.4. The molecular weight excluding hydrogens is 342 g/mol. The lowest BCUT2D eigenvalue weighted by molar-refractivity contribution is 0.340. The van der Waals surface area contributed by atoms with Gasteiger partial charge in [0.25, 0.3) is 0 Å². The Hall–Kier alpha value is -2.25. The second-order valence-electron chi connectivity index (χ2n) is 5.36. The van der Waals surface area contributed by atoms with Crippen LogP contribution in [0, 0.1) is 0 Å². The molecule has 6 nitrogen and oxygen atoms in total. The fourth-order valence-corrected chi connectivity index (χ4v) is 3.62. The van der Waals surface area contributed by atoms with Gasteiger partial charge in [0, 0.05) is 12.1 Å². The molecule has 25 heavy (non-hydrogen) atoms. The van der Waals surface area contributed by atoms with Crippen molar-refractivity contribution in [3.05, 3.63) is 48.0 Å². The number of rotatable bonds is 8. The van der Waals surface area contributed by atoms with E-state index >= 15 is 0 Å². The molecule has 0 bridgehead atoms. The molecule has 7 heteroatoms. The maximum atomic E-state index is 12.6. The van der Waals surface area contributed by atoms with Crippen LogP contribution in [0.5, 0.6) is 17.2 Å². The van der Waals surface area contributed by atoms with Crippen LogP contribution in [0.15, 0.2) is 47.4 Å². The van der Waals surface area contributed by atoms with E-state index in [0.717, 1.165) is 11.3 Å². The highest BCUT2D eigenvalue weighted by molar-refractivity contribution is 7.89. The van der Waals surface area contributed by atoms with Crippen LogP contribution in [0.25, 0.3) is 0 Å². The van der Waals surface area contributed by atoms with Crippen LogP contribution in [0.3, 0.4) is 0 Å². The number of benzene rings is 2. The van der Waals surface area contributed by atoms with Crippen molar-refractivity contribution in [3.8, 4) is 17.2 Å². The van der Waals surface area contributed by atoms with Gasteiger partial charge in [-0.1, -0.05) is 12.1 Å². The second kappa shape index (κ2) is 8.22. The number of methoxy groups -OCH3 is 2. The Kier molecular flexibility index (Phi) is 6.27. The molecule has 2 rings (SSSR count). The van der Waals surface area contributed by atoms with Gasteiger partial charge < -0.3 is 14.2 Å². The van der Waals surface area contributed by atoms with Crippen molar-refractivity contribution in [2.75, 3.05) is 20.8 Å². The molecule has 0 saturated carbocycles. The third-order valence-electron chi connectivity index (χ3n) is 3.69. The first kappa shape index (κ1) is 19.1. The van der Waals surface area contributed by atoms with Gasteiger partial charge in [0.1, 0.15) is 5.75 Å². The first-order chi connectivity index (χ1) is 11.9. The Morgan fingerprint density at radius 3 is 2.20 bits per heavy atom. The van der Waals surface area contributed by atoms with E-state index in [1.807, 2.05) is 31.2 Å². The summed E-state index contributed by atoms with van der Waals surface area (Å²) in [4.78, 5) is 0.114. The van der Waals surface area contributed by atoms with E-state index in [9.17, 15) is 8.42 Å². The zero-order chi connectivity index (χ0) is 18.4. The summed E-state index contributed by atoms with van der Waals surface area (Å²) in [7, 11) is -0.742. The number of hydrogen-bond donors (Lipinski definition) is 1. The van der Waals surface area contributed by atoms with Crippen molar-refractivity contribution in [2.24, 2.45) is 0 Å². The Morgan fingerprint density at radius 2 is 1.64 bits per heavy atom. The fraction of sp³-hybridized carbons (Fsp3) is 0.333. The SMILES string of the molecule is CCOc1ccc([C@H](C)NS(=O)(=O)c2ccc(OC)c(OC)c2)cc1. The molecule has 0 saturated heterocycles. The topological polar surface area (TPSA) is 73.9 Å². The van der Waals surface area contributed by atoms with E-state index in [-0.39, 0.29) is 4.90 Å². The smallest absolute Gasteiger partial charge is 0.241 e. The summed E-state index contributed by atoms with van der Waals surface area (Å²) in [5.74, 6) is 1.58. The first-order valence-electron chi connectivity index (χ1n) is 7.88. The van der Waals surface area contributed by atoms with Crippen LogP contribution < -0.4 is 18.9 Å². The quantitative estimate of drug-likeness (QED) is 0.778. The monoisotopic (exact) mass is 365 g/mol. The molecule has 1 N–H and O–H groups in total. The van der Waals surface area contributed by atoms with E-state index < -0.39 is 16.1 Å². The van der Waals surface area contributed by atoms with E-state index in [4.69, 9.17) is 14.2 Å². The van der Waals surface area contributed by atoms with Gasteiger partial charge in [-0.15, -0.1) is 0 Å². The van der Waals surface area contributed by atoms with Crippen LogP contribution in [0.2, 0.25) is 0 Å². The molecule has 0 spiro atoms. The molecule has 0 amide bonds. The van der Waals surface area contributed by atoms with Gasteiger partial charge in [0.15, 0.2) is 11.5 Å². The van der Waals surface area contributed by atoms with Crippen LogP contribution in [0.4, 0.5) is 0 Å². The number of hydrogen-bond acceptors (Lipinski definition) is 5. The molecule has 2 aromatic carbocycles. The summed E-state index contributed by atoms with van der Waals surface area (Å²) in [5.41, 5.74) is 0.840. The van der Waals surface area contributed by atoms with Crippen LogP contribution in [0.1, 0.15) is 25.5 Å². The molecule has 0 radical (unpaired) electrons. The summed E-state index contributed by atoms with van der Waals surface area (Å²) < 4.78 is 43.6. The fourth-order valence-electron chi connectivity index (χ4n) is 2.37. The average molecular weight is 365 g/mol. The third-order valence-corrected chi connectivity index (χ3v) is 5.23. The number of ether oxygens (including phenoxy) is 3. The normalized spacial score (nSPS) is 12.5. The lowest BCUT2D eigenvalue weighted by Gasteiger charge is -2.16. The minimum absolute atomic E-state index is 0.114. The minimum Gasteiger partial charge on any atom is -0.494 e. The molecule has 1 atom stereocenters. The predicted octanol–water partition coefficient (Wildman–Crippen LogP) is 3.14. The van der Waals surface area contributed by atoms with E-state index in [2.05, 4.69) is 4.72 Å². The van der Waals surface area contributed by atoms with Gasteiger partial charge >= 0.3 is 0 Å². The Labute approximate surface area is 148 Å². The van der Waals surface area contributed by atoms with Gasteiger partial charge in [-0.2, -0.15) is 0 Å². The lowest BCUT2D eigenvalue weighted by atomic mass is 10.1. The van der Waals surface area contributed by atoms with Crippen molar-refractivity contribution in [1.29, 1.82) is 0 Å². The second-order valence-corrected chi connectivity index (χ2v) is 7.08. The van der Waals surface area contributed by atoms with E-state index in [1.165, 1.54) is 26.4 Å². The number of sulfonamides is 1. The van der Waals surface area contributed by atoms with Crippen LogP contribution >= 0.6 is 0 Å². The zero-order valence-corrected chi connectivity index (χ0v) is 15.6. The van der Waals surface area contributed by atoms with Crippen molar-refractivity contribution in [1.82, 2.24) is 4.72 Å². The predicted molar refractivity (Wildman–Crippen MR) is 95.9 cm³/mol. The van der Waals surface area contributed by atoms with Crippen molar-refractivity contribution in [3.63, 3.8) is 0 Å². The summed E-state index contributed by atoms with van der Waals surface area (Å²) in [6.45, 7) is 4.28. The van der Waals surface area contributed by atoms with Gasteiger partial charge in [0.2, 0.25) is 10.0 Å². The molecular formula is C18H23NO5S. The van der Waals surface area contributed by atoms with Crippen LogP contribution in [-0.4, -0.2) is 29.2 Å². The Bertz CT molecular complexity index is 803. The van der Waals surface area contributed by atoms with Crippen molar-refractivity contribution in [2.45, 2.75) is 24.8 Å². The maximum absolute atomic E-state index is 12.6. The molecule has 0 unspecified atom stereocenters. The number of nitrogens with one attached hydrogen (secondary N) is 1. The molecule has 0 aliphatic rings. The summed E-state index contributed by atoms with van der Waals surface area (Å²) >= 11 is 0.